The summed E-state index contributed by atoms with van der Waals surface area (Å²) in [6.07, 6.45) is 7.15. The van der Waals surface area contributed by atoms with E-state index in [1.807, 2.05) is 24.9 Å². The van der Waals surface area contributed by atoms with Crippen LogP contribution in [0.15, 0.2) is 40.7 Å². The molecule has 31 heavy (non-hydrogen) atoms. The zero-order chi connectivity index (χ0) is 21.1. The van der Waals surface area contributed by atoms with Gasteiger partial charge in [-0.25, -0.2) is 14.4 Å². The molecule has 0 bridgehead atoms. The Morgan fingerprint density at radius 2 is 1.94 bits per heavy atom. The summed E-state index contributed by atoms with van der Waals surface area (Å²) in [6.45, 7) is 4.89. The Balaban J connectivity index is 0.00000272. The summed E-state index contributed by atoms with van der Waals surface area (Å²) in [5.41, 5.74) is 7.40. The average Bonchev–Trinajstić information content (AvgIpc) is 3.23. The van der Waals surface area contributed by atoms with E-state index in [0.717, 1.165) is 29.2 Å². The quantitative estimate of drug-likeness (QED) is 0.302. The SMILES string of the molecule is CCN(C)C=Nc1cc(F)c(Cc2nc(-c3ccc4c(c3)CCCC4)cs2)cc1C.Cl. The third-order valence-electron chi connectivity index (χ3n) is 5.80. The van der Waals surface area contributed by atoms with E-state index >= 15 is 0 Å². The number of halogens is 2. The van der Waals surface area contributed by atoms with Crippen molar-refractivity contribution in [2.24, 2.45) is 4.99 Å². The van der Waals surface area contributed by atoms with Crippen LogP contribution in [0.25, 0.3) is 11.3 Å². The van der Waals surface area contributed by atoms with Gasteiger partial charge < -0.3 is 4.90 Å². The Hall–Kier alpha value is -2.24. The van der Waals surface area contributed by atoms with Gasteiger partial charge in [-0.05, 0) is 67.9 Å². The van der Waals surface area contributed by atoms with Crippen molar-refractivity contribution in [1.29, 1.82) is 0 Å². The molecular weight excluding hydrogens is 429 g/mol. The van der Waals surface area contributed by atoms with Crippen LogP contribution in [-0.4, -0.2) is 29.8 Å². The van der Waals surface area contributed by atoms with Gasteiger partial charge in [-0.2, -0.15) is 0 Å². The number of fused-ring (bicyclic) bond motifs is 1. The summed E-state index contributed by atoms with van der Waals surface area (Å²) < 4.78 is 14.7. The van der Waals surface area contributed by atoms with Gasteiger partial charge in [0.15, 0.2) is 0 Å². The first-order valence-electron chi connectivity index (χ1n) is 10.6. The molecule has 3 nitrogen and oxygen atoms in total. The smallest absolute Gasteiger partial charge is 0.128 e. The minimum Gasteiger partial charge on any atom is -0.366 e. The van der Waals surface area contributed by atoms with Crippen LogP contribution in [0.3, 0.4) is 0 Å². The molecule has 1 heterocycles. The minimum absolute atomic E-state index is 0. The summed E-state index contributed by atoms with van der Waals surface area (Å²) in [7, 11) is 1.95. The topological polar surface area (TPSA) is 28.5 Å². The third-order valence-corrected chi connectivity index (χ3v) is 6.64. The Kier molecular flexibility index (Phi) is 7.84. The average molecular weight is 458 g/mol. The lowest BCUT2D eigenvalue weighted by atomic mass is 9.90. The fraction of sp³-hybridized carbons (Fsp3) is 0.360. The van der Waals surface area contributed by atoms with Crippen molar-refractivity contribution in [3.05, 3.63) is 68.8 Å². The lowest BCUT2D eigenvalue weighted by Gasteiger charge is -2.16. The lowest BCUT2D eigenvalue weighted by Crippen LogP contribution is -2.14. The van der Waals surface area contributed by atoms with Gasteiger partial charge in [-0.3, -0.25) is 0 Å². The van der Waals surface area contributed by atoms with Gasteiger partial charge in [0.1, 0.15) is 5.82 Å². The standard InChI is InChI=1S/C25H28FN3S.ClH/c1-4-29(3)16-27-23-14-22(26)21(11-17(23)2)13-25-28-24(15-30-25)20-10-9-18-7-5-6-8-19(18)12-20;/h9-12,14-16H,4-8,13H2,1-3H3;1H. The largest absolute Gasteiger partial charge is 0.366 e. The molecule has 2 aromatic carbocycles. The molecule has 1 aliphatic rings. The van der Waals surface area contributed by atoms with Crippen molar-refractivity contribution in [2.75, 3.05) is 13.6 Å². The molecule has 1 aliphatic carbocycles. The number of benzene rings is 2. The summed E-state index contributed by atoms with van der Waals surface area (Å²) in [5.74, 6) is -0.225. The molecule has 0 radical (unpaired) electrons. The predicted molar refractivity (Wildman–Crippen MR) is 132 cm³/mol. The second-order valence-corrected chi connectivity index (χ2v) is 8.98. The highest BCUT2D eigenvalue weighted by Gasteiger charge is 2.14. The van der Waals surface area contributed by atoms with Crippen molar-refractivity contribution in [3.8, 4) is 11.3 Å². The second-order valence-electron chi connectivity index (χ2n) is 8.04. The van der Waals surface area contributed by atoms with Gasteiger partial charge in [-0.15, -0.1) is 23.7 Å². The Bertz CT molecular complexity index is 1080. The maximum absolute atomic E-state index is 14.7. The monoisotopic (exact) mass is 457 g/mol. The predicted octanol–water partition coefficient (Wildman–Crippen LogP) is 6.76. The third kappa shape index (κ3) is 5.52. The molecular formula is C25H29ClFN3S. The Labute approximate surface area is 194 Å². The van der Waals surface area contributed by atoms with Crippen molar-refractivity contribution < 1.29 is 4.39 Å². The van der Waals surface area contributed by atoms with Crippen molar-refractivity contribution >= 4 is 35.8 Å². The van der Waals surface area contributed by atoms with Crippen molar-refractivity contribution in [2.45, 2.75) is 46.0 Å². The van der Waals surface area contributed by atoms with Crippen LogP contribution in [0.5, 0.6) is 0 Å². The number of nitrogens with zero attached hydrogens (tertiary/aromatic N) is 3. The van der Waals surface area contributed by atoms with Crippen molar-refractivity contribution in [3.63, 3.8) is 0 Å². The molecule has 0 fully saturated rings. The van der Waals surface area contributed by atoms with E-state index in [1.54, 1.807) is 17.7 Å². The number of rotatable bonds is 6. The first kappa shape index (κ1) is 23.4. The van der Waals surface area contributed by atoms with E-state index in [1.165, 1.54) is 42.0 Å². The van der Waals surface area contributed by atoms with Gasteiger partial charge in [0.2, 0.25) is 0 Å². The number of aliphatic imine (C=N–C) groups is 1. The highest BCUT2D eigenvalue weighted by Crippen LogP contribution is 2.30. The molecule has 0 spiro atoms. The molecule has 1 aromatic heterocycles. The van der Waals surface area contributed by atoms with Gasteiger partial charge in [0.05, 0.1) is 22.7 Å². The number of thiazole rings is 1. The van der Waals surface area contributed by atoms with E-state index in [-0.39, 0.29) is 18.2 Å². The first-order chi connectivity index (χ1) is 14.5. The fourth-order valence-electron chi connectivity index (χ4n) is 3.83. The van der Waals surface area contributed by atoms with Crippen LogP contribution in [0.2, 0.25) is 0 Å². The molecule has 0 saturated heterocycles. The summed E-state index contributed by atoms with van der Waals surface area (Å²) in [6, 6.07) is 10.1. The highest BCUT2D eigenvalue weighted by atomic mass is 35.5. The maximum atomic E-state index is 14.7. The van der Waals surface area contributed by atoms with E-state index in [4.69, 9.17) is 4.98 Å². The van der Waals surface area contributed by atoms with Crippen LogP contribution >= 0.6 is 23.7 Å². The summed E-state index contributed by atoms with van der Waals surface area (Å²) in [4.78, 5) is 11.2. The van der Waals surface area contributed by atoms with Crippen LogP contribution in [0.4, 0.5) is 10.1 Å². The summed E-state index contributed by atoms with van der Waals surface area (Å²) in [5, 5.41) is 3.02. The van der Waals surface area contributed by atoms with E-state index in [9.17, 15) is 4.39 Å². The minimum atomic E-state index is -0.225. The summed E-state index contributed by atoms with van der Waals surface area (Å²) >= 11 is 1.60. The molecule has 164 valence electrons. The zero-order valence-electron chi connectivity index (χ0n) is 18.3. The van der Waals surface area contributed by atoms with E-state index < -0.39 is 0 Å². The van der Waals surface area contributed by atoms with Crippen LogP contribution in [0, 0.1) is 12.7 Å². The maximum Gasteiger partial charge on any atom is 0.128 e. The molecule has 3 aromatic rings. The second kappa shape index (κ2) is 10.4. The molecule has 0 atom stereocenters. The molecule has 0 amide bonds. The molecule has 0 N–H and O–H groups in total. The molecule has 4 rings (SSSR count). The van der Waals surface area contributed by atoms with Crippen LogP contribution < -0.4 is 0 Å². The molecule has 0 aliphatic heterocycles. The molecule has 0 unspecified atom stereocenters. The van der Waals surface area contributed by atoms with Gasteiger partial charge in [0.25, 0.3) is 0 Å². The Morgan fingerprint density at radius 3 is 2.71 bits per heavy atom. The van der Waals surface area contributed by atoms with Gasteiger partial charge >= 0.3 is 0 Å². The lowest BCUT2D eigenvalue weighted by molar-refractivity contribution is 0.552. The van der Waals surface area contributed by atoms with Gasteiger partial charge in [-0.1, -0.05) is 18.2 Å². The first-order valence-corrected chi connectivity index (χ1v) is 11.5. The zero-order valence-corrected chi connectivity index (χ0v) is 20.0. The van der Waals surface area contributed by atoms with Crippen molar-refractivity contribution in [1.82, 2.24) is 9.88 Å². The van der Waals surface area contributed by atoms with Crippen LogP contribution in [-0.2, 0) is 19.3 Å². The van der Waals surface area contributed by atoms with E-state index in [0.29, 0.717) is 17.7 Å². The number of hydrogen-bond acceptors (Lipinski definition) is 3. The molecule has 6 heteroatoms. The fourth-order valence-corrected chi connectivity index (χ4v) is 4.65. The van der Waals surface area contributed by atoms with Gasteiger partial charge in [0, 0.05) is 37.0 Å². The normalized spacial score (nSPS) is 13.2. The molecule has 0 saturated carbocycles. The van der Waals surface area contributed by atoms with Crippen LogP contribution in [0.1, 0.15) is 47.0 Å². The Morgan fingerprint density at radius 1 is 1.16 bits per heavy atom. The van der Waals surface area contributed by atoms with E-state index in [2.05, 4.69) is 35.5 Å². The number of hydrogen-bond donors (Lipinski definition) is 0. The highest BCUT2D eigenvalue weighted by molar-refractivity contribution is 7.10. The number of aryl methyl sites for hydroxylation is 3. The number of aromatic nitrogens is 1.